The Morgan fingerprint density at radius 3 is 2.52 bits per heavy atom. The van der Waals surface area contributed by atoms with Crippen LogP contribution in [0.2, 0.25) is 0 Å². The molecule has 0 spiro atoms. The summed E-state index contributed by atoms with van der Waals surface area (Å²) in [5.41, 5.74) is 0.684. The van der Waals surface area contributed by atoms with Crippen LogP contribution in [0.4, 0.5) is 11.4 Å². The third-order valence-corrected chi connectivity index (χ3v) is 3.81. The van der Waals surface area contributed by atoms with Gasteiger partial charge in [-0.15, -0.1) is 0 Å². The second-order valence-corrected chi connectivity index (χ2v) is 5.32. The number of carbonyl (C=O) groups is 2. The van der Waals surface area contributed by atoms with Crippen LogP contribution >= 0.6 is 0 Å². The lowest BCUT2D eigenvalue weighted by Gasteiger charge is -2.33. The molecule has 8 heteroatoms. The summed E-state index contributed by atoms with van der Waals surface area (Å²) in [6.45, 7) is -0.0144. The van der Waals surface area contributed by atoms with Gasteiger partial charge in [-0.1, -0.05) is 12.1 Å². The Morgan fingerprint density at radius 2 is 1.88 bits per heavy atom. The molecule has 0 saturated carbocycles. The predicted molar refractivity (Wildman–Crippen MR) is 87.6 cm³/mol. The molecule has 1 unspecified atom stereocenters. The van der Waals surface area contributed by atoms with E-state index in [9.17, 15) is 19.7 Å². The predicted octanol–water partition coefficient (Wildman–Crippen LogP) is 2.18. The van der Waals surface area contributed by atoms with E-state index in [0.29, 0.717) is 11.4 Å². The fraction of sp³-hybridized carbons (Fsp3) is 0.176. The molecule has 2 aromatic rings. The molecule has 0 radical (unpaired) electrons. The van der Waals surface area contributed by atoms with Crippen LogP contribution in [0.25, 0.3) is 0 Å². The van der Waals surface area contributed by atoms with E-state index in [4.69, 9.17) is 9.47 Å². The first-order valence-electron chi connectivity index (χ1n) is 7.41. The molecule has 0 bridgehead atoms. The summed E-state index contributed by atoms with van der Waals surface area (Å²) in [6.07, 6.45) is -0.943. The molecule has 1 heterocycles. The third-order valence-electron chi connectivity index (χ3n) is 3.81. The molecule has 0 aromatic heterocycles. The molecule has 25 heavy (non-hydrogen) atoms. The number of anilines is 1. The van der Waals surface area contributed by atoms with Crippen molar-refractivity contribution >= 4 is 23.3 Å². The number of hydrogen-bond donors (Lipinski definition) is 0. The zero-order valence-corrected chi connectivity index (χ0v) is 13.2. The first-order valence-corrected chi connectivity index (χ1v) is 7.41. The third kappa shape index (κ3) is 3.14. The molecular formula is C17H14N2O6. The number of ether oxygens (including phenoxy) is 2. The van der Waals surface area contributed by atoms with Crippen molar-refractivity contribution in [3.8, 4) is 5.75 Å². The zero-order valence-electron chi connectivity index (χ0n) is 13.2. The van der Waals surface area contributed by atoms with Crippen molar-refractivity contribution in [2.45, 2.75) is 6.10 Å². The van der Waals surface area contributed by atoms with E-state index in [2.05, 4.69) is 0 Å². The summed E-state index contributed by atoms with van der Waals surface area (Å²) in [6, 6.07) is 12.1. The average Bonchev–Trinajstić information content (AvgIpc) is 2.65. The molecule has 0 fully saturated rings. The smallest absolute Gasteiger partial charge is 0.348 e. The zero-order chi connectivity index (χ0) is 18.0. The number of methoxy groups -OCH3 is 1. The largest absolute Gasteiger partial charge is 0.475 e. The fourth-order valence-electron chi connectivity index (χ4n) is 2.56. The number of benzene rings is 2. The first-order chi connectivity index (χ1) is 12.0. The fourth-order valence-corrected chi connectivity index (χ4v) is 2.56. The van der Waals surface area contributed by atoms with Gasteiger partial charge < -0.3 is 14.4 Å². The lowest BCUT2D eigenvalue weighted by atomic mass is 10.1. The number of para-hydroxylation sites is 2. The number of nitro benzene ring substituents is 1. The van der Waals surface area contributed by atoms with Crippen molar-refractivity contribution in [1.82, 2.24) is 0 Å². The Morgan fingerprint density at radius 1 is 1.20 bits per heavy atom. The molecule has 1 aliphatic rings. The number of hydrogen-bond acceptors (Lipinski definition) is 6. The molecular weight excluding hydrogens is 328 g/mol. The number of carbonyl (C=O) groups excluding carboxylic acids is 2. The van der Waals surface area contributed by atoms with E-state index in [1.54, 1.807) is 24.3 Å². The minimum absolute atomic E-state index is 0.0144. The second-order valence-electron chi connectivity index (χ2n) is 5.32. The summed E-state index contributed by atoms with van der Waals surface area (Å²) in [5, 5.41) is 10.7. The van der Waals surface area contributed by atoms with Gasteiger partial charge in [0.25, 0.3) is 11.6 Å². The van der Waals surface area contributed by atoms with Crippen molar-refractivity contribution < 1.29 is 24.0 Å². The van der Waals surface area contributed by atoms with Crippen LogP contribution < -0.4 is 9.64 Å². The average molecular weight is 342 g/mol. The number of non-ortho nitro benzene ring substituents is 1. The van der Waals surface area contributed by atoms with Crippen LogP contribution in [0.15, 0.2) is 48.5 Å². The molecule has 3 rings (SSSR count). The summed E-state index contributed by atoms with van der Waals surface area (Å²) in [5.74, 6) is -0.588. The van der Waals surface area contributed by atoms with Gasteiger partial charge >= 0.3 is 5.97 Å². The Labute approximate surface area is 142 Å². The highest BCUT2D eigenvalue weighted by atomic mass is 16.6. The van der Waals surface area contributed by atoms with Gasteiger partial charge in [0.05, 0.1) is 24.3 Å². The number of nitrogens with zero attached hydrogens (tertiary/aromatic N) is 2. The minimum Gasteiger partial charge on any atom is -0.475 e. The number of fused-ring (bicyclic) bond motifs is 1. The maximum atomic E-state index is 12.8. The van der Waals surface area contributed by atoms with Crippen molar-refractivity contribution in [2.75, 3.05) is 18.6 Å². The van der Waals surface area contributed by atoms with E-state index in [0.717, 1.165) is 0 Å². The maximum absolute atomic E-state index is 12.8. The number of esters is 1. The molecule has 128 valence electrons. The molecule has 0 saturated heterocycles. The number of nitro groups is 1. The van der Waals surface area contributed by atoms with Gasteiger partial charge in [-0.3, -0.25) is 14.9 Å². The van der Waals surface area contributed by atoms with Crippen molar-refractivity contribution in [3.63, 3.8) is 0 Å². The van der Waals surface area contributed by atoms with Crippen LogP contribution in [0.3, 0.4) is 0 Å². The summed E-state index contributed by atoms with van der Waals surface area (Å²) in [7, 11) is 1.24. The maximum Gasteiger partial charge on any atom is 0.348 e. The lowest BCUT2D eigenvalue weighted by molar-refractivity contribution is -0.384. The van der Waals surface area contributed by atoms with Crippen LogP contribution in [-0.2, 0) is 9.53 Å². The van der Waals surface area contributed by atoms with Gasteiger partial charge in [0, 0.05) is 17.7 Å². The second kappa shape index (κ2) is 6.60. The van der Waals surface area contributed by atoms with E-state index in [1.807, 2.05) is 0 Å². The van der Waals surface area contributed by atoms with Gasteiger partial charge in [0.1, 0.15) is 5.75 Å². The first kappa shape index (κ1) is 16.4. The number of amides is 1. The van der Waals surface area contributed by atoms with Crippen molar-refractivity contribution in [1.29, 1.82) is 0 Å². The van der Waals surface area contributed by atoms with E-state index in [-0.39, 0.29) is 23.7 Å². The molecule has 8 nitrogen and oxygen atoms in total. The van der Waals surface area contributed by atoms with Gasteiger partial charge in [-0.2, -0.15) is 0 Å². The van der Waals surface area contributed by atoms with Crippen molar-refractivity contribution in [3.05, 3.63) is 64.2 Å². The minimum atomic E-state index is -0.943. The highest BCUT2D eigenvalue weighted by molar-refractivity contribution is 6.07. The van der Waals surface area contributed by atoms with Gasteiger partial charge in [-0.05, 0) is 24.3 Å². The van der Waals surface area contributed by atoms with Crippen LogP contribution in [0.5, 0.6) is 5.75 Å². The molecule has 0 aliphatic carbocycles. The molecule has 0 N–H and O–H groups in total. The van der Waals surface area contributed by atoms with Gasteiger partial charge in [0.2, 0.25) is 6.10 Å². The molecule has 1 amide bonds. The standard InChI is InChI=1S/C17H14N2O6/c1-24-17(21)15-10-18(13-4-2-3-5-14(13)25-15)16(20)11-6-8-12(9-7-11)19(22)23/h2-9,15H,10H2,1H3. The van der Waals surface area contributed by atoms with E-state index in [1.165, 1.54) is 36.3 Å². The highest BCUT2D eigenvalue weighted by Gasteiger charge is 2.34. The monoisotopic (exact) mass is 342 g/mol. The Kier molecular flexibility index (Phi) is 4.34. The van der Waals surface area contributed by atoms with Crippen LogP contribution in [0, 0.1) is 10.1 Å². The number of rotatable bonds is 3. The van der Waals surface area contributed by atoms with Gasteiger partial charge in [-0.25, -0.2) is 4.79 Å². The lowest BCUT2D eigenvalue weighted by Crippen LogP contribution is -2.47. The highest BCUT2D eigenvalue weighted by Crippen LogP contribution is 2.34. The molecule has 2 aromatic carbocycles. The van der Waals surface area contributed by atoms with Crippen molar-refractivity contribution in [2.24, 2.45) is 0 Å². The van der Waals surface area contributed by atoms with Gasteiger partial charge in [0.15, 0.2) is 0 Å². The quantitative estimate of drug-likeness (QED) is 0.481. The Hall–Kier alpha value is -3.42. The van der Waals surface area contributed by atoms with E-state index >= 15 is 0 Å². The summed E-state index contributed by atoms with van der Waals surface area (Å²) < 4.78 is 10.3. The van der Waals surface area contributed by atoms with E-state index < -0.39 is 17.0 Å². The SMILES string of the molecule is COC(=O)C1CN(C(=O)c2ccc([N+](=O)[O-])cc2)c2ccccc2O1. The summed E-state index contributed by atoms with van der Waals surface area (Å²) >= 11 is 0. The summed E-state index contributed by atoms with van der Waals surface area (Å²) in [4.78, 5) is 36.3. The van der Waals surface area contributed by atoms with Crippen LogP contribution in [0.1, 0.15) is 10.4 Å². The topological polar surface area (TPSA) is 99.0 Å². The van der Waals surface area contributed by atoms with Crippen LogP contribution in [-0.4, -0.2) is 36.6 Å². The Balaban J connectivity index is 1.94. The molecule has 1 atom stereocenters. The normalized spacial score (nSPS) is 15.7. The molecule has 1 aliphatic heterocycles. The Bertz CT molecular complexity index is 833.